The lowest BCUT2D eigenvalue weighted by atomic mass is 10.1. The Hall–Kier alpha value is -2.28. The Balaban J connectivity index is 2.01. The van der Waals surface area contributed by atoms with Crippen molar-refractivity contribution in [2.45, 2.75) is 31.3 Å². The minimum absolute atomic E-state index is 0.104. The van der Waals surface area contributed by atoms with E-state index in [1.807, 2.05) is 18.2 Å². The third-order valence-corrected chi connectivity index (χ3v) is 4.20. The van der Waals surface area contributed by atoms with Gasteiger partial charge >= 0.3 is 5.97 Å². The molecule has 132 valence electrons. The number of aryl methyl sites for hydroxylation is 1. The Morgan fingerprint density at radius 1 is 1.21 bits per heavy atom. The van der Waals surface area contributed by atoms with Crippen molar-refractivity contribution in [3.63, 3.8) is 0 Å². The zero-order chi connectivity index (χ0) is 17.7. The largest absolute Gasteiger partial charge is 0.493 e. The number of amides is 1. The molecule has 7 heteroatoms. The van der Waals surface area contributed by atoms with Crippen molar-refractivity contribution in [2.75, 3.05) is 27.9 Å². The molecule has 24 heavy (non-hydrogen) atoms. The van der Waals surface area contributed by atoms with Crippen LogP contribution in [0.5, 0.6) is 11.5 Å². The molecule has 1 aliphatic heterocycles. The molecule has 1 heterocycles. The molecule has 7 nitrogen and oxygen atoms in total. The van der Waals surface area contributed by atoms with Gasteiger partial charge in [0.15, 0.2) is 11.5 Å². The Kier molecular flexibility index (Phi) is 6.03. The summed E-state index contributed by atoms with van der Waals surface area (Å²) in [6, 6.07) is 4.77. The first kappa shape index (κ1) is 18.1. The number of esters is 1. The standard InChI is InChI=1S/C17H24N2O5/c1-22-14-6-4-11(8-15(14)23-2)5-7-16(20)19-10-12(18)9-13(19)17(21)24-3/h4,6,8,12-13H,5,7,9-10,18H2,1-3H3/t12-,13-/m0/s1. The average Bonchev–Trinajstić information content (AvgIpc) is 3.00. The van der Waals surface area contributed by atoms with Crippen molar-refractivity contribution in [1.29, 1.82) is 0 Å². The number of rotatable bonds is 6. The van der Waals surface area contributed by atoms with Gasteiger partial charge in [0.2, 0.25) is 5.91 Å². The molecule has 1 aliphatic rings. The summed E-state index contributed by atoms with van der Waals surface area (Å²) in [5.74, 6) is 0.748. The SMILES string of the molecule is COC(=O)[C@@H]1C[C@H](N)CN1C(=O)CCc1ccc(OC)c(OC)c1. The zero-order valence-corrected chi connectivity index (χ0v) is 14.3. The Morgan fingerprint density at radius 2 is 1.92 bits per heavy atom. The lowest BCUT2D eigenvalue weighted by Crippen LogP contribution is -2.41. The van der Waals surface area contributed by atoms with Gasteiger partial charge in [-0.05, 0) is 30.5 Å². The van der Waals surface area contributed by atoms with Gasteiger partial charge in [-0.1, -0.05) is 6.07 Å². The second kappa shape index (κ2) is 8.01. The molecule has 0 spiro atoms. The molecule has 0 saturated carbocycles. The van der Waals surface area contributed by atoms with E-state index in [0.717, 1.165) is 5.56 Å². The summed E-state index contributed by atoms with van der Waals surface area (Å²) in [5.41, 5.74) is 6.85. The lowest BCUT2D eigenvalue weighted by Gasteiger charge is -2.22. The van der Waals surface area contributed by atoms with Gasteiger partial charge in [-0.25, -0.2) is 4.79 Å². The minimum atomic E-state index is -0.581. The van der Waals surface area contributed by atoms with Crippen LogP contribution < -0.4 is 15.2 Å². The summed E-state index contributed by atoms with van der Waals surface area (Å²) in [4.78, 5) is 25.8. The van der Waals surface area contributed by atoms with Crippen LogP contribution in [-0.4, -0.2) is 56.7 Å². The highest BCUT2D eigenvalue weighted by Crippen LogP contribution is 2.28. The molecule has 2 atom stereocenters. The monoisotopic (exact) mass is 336 g/mol. The molecule has 0 aromatic heterocycles. The molecule has 1 saturated heterocycles. The van der Waals surface area contributed by atoms with Crippen LogP contribution in [0.4, 0.5) is 0 Å². The van der Waals surface area contributed by atoms with Gasteiger partial charge in [0.25, 0.3) is 0 Å². The summed E-state index contributed by atoms with van der Waals surface area (Å²) >= 11 is 0. The van der Waals surface area contributed by atoms with Crippen LogP contribution in [0.15, 0.2) is 18.2 Å². The molecule has 1 amide bonds. The second-order valence-corrected chi connectivity index (χ2v) is 5.77. The molecule has 2 N–H and O–H groups in total. The van der Waals surface area contributed by atoms with Gasteiger partial charge in [-0.2, -0.15) is 0 Å². The number of hydrogen-bond donors (Lipinski definition) is 1. The van der Waals surface area contributed by atoms with Crippen molar-refractivity contribution in [2.24, 2.45) is 5.73 Å². The molecule has 0 unspecified atom stereocenters. The maximum Gasteiger partial charge on any atom is 0.328 e. The summed E-state index contributed by atoms with van der Waals surface area (Å²) in [6.45, 7) is 0.379. The molecule has 1 aromatic rings. The van der Waals surface area contributed by atoms with Gasteiger partial charge in [-0.15, -0.1) is 0 Å². The molecular weight excluding hydrogens is 312 g/mol. The summed E-state index contributed by atoms with van der Waals surface area (Å²) in [7, 11) is 4.46. The number of nitrogens with zero attached hydrogens (tertiary/aromatic N) is 1. The van der Waals surface area contributed by atoms with E-state index in [1.54, 1.807) is 14.2 Å². The van der Waals surface area contributed by atoms with E-state index in [9.17, 15) is 9.59 Å². The highest BCUT2D eigenvalue weighted by molar-refractivity contribution is 5.85. The van der Waals surface area contributed by atoms with E-state index in [-0.39, 0.29) is 18.4 Å². The quantitative estimate of drug-likeness (QED) is 0.771. The minimum Gasteiger partial charge on any atom is -0.493 e. The third kappa shape index (κ3) is 3.97. The van der Waals surface area contributed by atoms with Crippen LogP contribution >= 0.6 is 0 Å². The third-order valence-electron chi connectivity index (χ3n) is 4.20. The number of carbonyl (C=O) groups excluding carboxylic acids is 2. The fraction of sp³-hybridized carbons (Fsp3) is 0.529. The van der Waals surface area contributed by atoms with Crippen LogP contribution in [0.25, 0.3) is 0 Å². The summed E-state index contributed by atoms with van der Waals surface area (Å²) < 4.78 is 15.2. The first-order valence-corrected chi connectivity index (χ1v) is 7.84. The Morgan fingerprint density at radius 3 is 2.54 bits per heavy atom. The van der Waals surface area contributed by atoms with Crippen molar-refractivity contribution in [1.82, 2.24) is 4.90 Å². The van der Waals surface area contributed by atoms with E-state index < -0.39 is 12.0 Å². The van der Waals surface area contributed by atoms with Crippen molar-refractivity contribution in [3.8, 4) is 11.5 Å². The zero-order valence-electron chi connectivity index (χ0n) is 14.3. The number of hydrogen-bond acceptors (Lipinski definition) is 6. The number of methoxy groups -OCH3 is 3. The first-order chi connectivity index (χ1) is 11.5. The number of benzene rings is 1. The average molecular weight is 336 g/mol. The smallest absolute Gasteiger partial charge is 0.328 e. The van der Waals surface area contributed by atoms with Gasteiger partial charge in [0.05, 0.1) is 21.3 Å². The summed E-state index contributed by atoms with van der Waals surface area (Å²) in [6.07, 6.45) is 1.27. The molecule has 0 aliphatic carbocycles. The lowest BCUT2D eigenvalue weighted by molar-refractivity contribution is -0.150. The topological polar surface area (TPSA) is 91.1 Å². The van der Waals surface area contributed by atoms with Crippen LogP contribution in [0.2, 0.25) is 0 Å². The van der Waals surface area contributed by atoms with Crippen molar-refractivity contribution >= 4 is 11.9 Å². The van der Waals surface area contributed by atoms with E-state index in [0.29, 0.717) is 30.9 Å². The molecular formula is C17H24N2O5. The van der Waals surface area contributed by atoms with Crippen molar-refractivity contribution in [3.05, 3.63) is 23.8 Å². The first-order valence-electron chi connectivity index (χ1n) is 7.84. The van der Waals surface area contributed by atoms with Gasteiger partial charge in [0, 0.05) is 19.0 Å². The normalized spacial score (nSPS) is 19.9. The summed E-state index contributed by atoms with van der Waals surface area (Å²) in [5, 5.41) is 0. The molecule has 0 radical (unpaired) electrons. The van der Waals surface area contributed by atoms with Gasteiger partial charge < -0.3 is 24.8 Å². The van der Waals surface area contributed by atoms with E-state index in [2.05, 4.69) is 0 Å². The fourth-order valence-electron chi connectivity index (χ4n) is 2.93. The van der Waals surface area contributed by atoms with E-state index in [1.165, 1.54) is 12.0 Å². The second-order valence-electron chi connectivity index (χ2n) is 5.77. The molecule has 2 rings (SSSR count). The molecule has 1 aromatic carbocycles. The number of nitrogens with two attached hydrogens (primary N) is 1. The highest BCUT2D eigenvalue weighted by atomic mass is 16.5. The van der Waals surface area contributed by atoms with Crippen LogP contribution in [-0.2, 0) is 20.7 Å². The predicted octanol–water partition coefficient (Wildman–Crippen LogP) is 0.738. The fourth-order valence-corrected chi connectivity index (χ4v) is 2.93. The number of ether oxygens (including phenoxy) is 3. The molecule has 1 fully saturated rings. The van der Waals surface area contributed by atoms with Crippen LogP contribution in [0, 0.1) is 0 Å². The van der Waals surface area contributed by atoms with E-state index >= 15 is 0 Å². The van der Waals surface area contributed by atoms with Crippen LogP contribution in [0.3, 0.4) is 0 Å². The maximum atomic E-state index is 12.5. The number of likely N-dealkylation sites (tertiary alicyclic amines) is 1. The highest BCUT2D eigenvalue weighted by Gasteiger charge is 2.38. The van der Waals surface area contributed by atoms with Gasteiger partial charge in [-0.3, -0.25) is 4.79 Å². The predicted molar refractivity (Wildman–Crippen MR) is 88.0 cm³/mol. The Labute approximate surface area is 141 Å². The maximum absolute atomic E-state index is 12.5. The Bertz CT molecular complexity index is 605. The van der Waals surface area contributed by atoms with Crippen molar-refractivity contribution < 1.29 is 23.8 Å². The van der Waals surface area contributed by atoms with Crippen LogP contribution in [0.1, 0.15) is 18.4 Å². The van der Waals surface area contributed by atoms with Gasteiger partial charge in [0.1, 0.15) is 6.04 Å². The number of carbonyl (C=O) groups is 2. The molecule has 0 bridgehead atoms. The van der Waals surface area contributed by atoms with E-state index in [4.69, 9.17) is 19.9 Å².